The molecule has 2 saturated heterocycles. The smallest absolute Gasteiger partial charge is 0.270 e. The number of aryl methyl sites for hydroxylation is 3. The van der Waals surface area contributed by atoms with Crippen molar-refractivity contribution in [3.05, 3.63) is 111 Å². The number of benzene rings is 2. The molecule has 14 heteroatoms. The molecule has 6 aromatic rings. The zero-order valence-electron chi connectivity index (χ0n) is 32.6. The van der Waals surface area contributed by atoms with Gasteiger partial charge in [-0.25, -0.2) is 14.4 Å². The number of piperidine rings is 1. The van der Waals surface area contributed by atoms with Gasteiger partial charge in [0.2, 0.25) is 11.8 Å². The highest BCUT2D eigenvalue weighted by molar-refractivity contribution is 6.03. The Morgan fingerprint density at radius 1 is 1.02 bits per heavy atom. The standard InChI is InChI=1S/C45H40FN7O6/c1-26-20-33-36(52(2)44(26)57)21-28(45(46)14-18-58-19-15-45)22-37(33)53-17-5-8-34-38(53)25-49-41(50-34)27-10-12-35(48-24-27)43(56)47-16-4-6-29-23-32-30(7-3-9-39(32)59-29)31-11-13-40(54)51-42(31)55/h3,7,9-10,12,20-25,31H,5,8,11,13-19H2,1-2H3,(H,47,56)(H,51,54,55). The molecule has 59 heavy (non-hydrogen) atoms. The lowest BCUT2D eigenvalue weighted by Gasteiger charge is -2.34. The van der Waals surface area contributed by atoms with E-state index in [1.165, 1.54) is 0 Å². The normalized spacial score (nSPS) is 17.6. The monoisotopic (exact) mass is 793 g/mol. The average molecular weight is 794 g/mol. The van der Waals surface area contributed by atoms with Crippen LogP contribution in [0.5, 0.6) is 0 Å². The molecule has 298 valence electrons. The summed E-state index contributed by atoms with van der Waals surface area (Å²) in [4.78, 5) is 66.3. The Bertz CT molecular complexity index is 2810. The fraction of sp³-hybridized carbons (Fsp3) is 0.311. The Hall–Kier alpha value is -6.72. The molecular weight excluding hydrogens is 754 g/mol. The summed E-state index contributed by atoms with van der Waals surface area (Å²) in [6.07, 6.45) is 6.04. The summed E-state index contributed by atoms with van der Waals surface area (Å²) in [7, 11) is 1.73. The van der Waals surface area contributed by atoms with Crippen LogP contribution in [0, 0.1) is 18.8 Å². The van der Waals surface area contributed by atoms with Crippen molar-refractivity contribution in [3.63, 3.8) is 0 Å². The topological polar surface area (TPSA) is 162 Å². The first-order valence-electron chi connectivity index (χ1n) is 19.7. The molecule has 4 aromatic heterocycles. The zero-order valence-corrected chi connectivity index (χ0v) is 32.6. The minimum atomic E-state index is -1.58. The Labute approximate surface area is 338 Å². The summed E-state index contributed by atoms with van der Waals surface area (Å²) in [5, 5.41) is 6.77. The number of aromatic nitrogens is 4. The number of ether oxygens (including phenoxy) is 1. The fourth-order valence-corrected chi connectivity index (χ4v) is 8.35. The van der Waals surface area contributed by atoms with Crippen molar-refractivity contribution < 1.29 is 27.9 Å². The maximum absolute atomic E-state index is 16.5. The molecule has 3 amide bonds. The molecule has 9 rings (SSSR count). The van der Waals surface area contributed by atoms with Crippen molar-refractivity contribution in [2.75, 3.05) is 31.2 Å². The molecule has 3 aliphatic heterocycles. The van der Waals surface area contributed by atoms with E-state index >= 15 is 4.39 Å². The minimum Gasteiger partial charge on any atom is -0.448 e. The number of hydrogen-bond acceptors (Lipinski definition) is 10. The van der Waals surface area contributed by atoms with E-state index in [0.29, 0.717) is 72.0 Å². The lowest BCUT2D eigenvalue weighted by atomic mass is 9.86. The first-order valence-corrected chi connectivity index (χ1v) is 19.7. The van der Waals surface area contributed by atoms with Crippen LogP contribution in [0.15, 0.2) is 76.2 Å². The number of nitrogens with zero attached hydrogens (tertiary/aromatic N) is 5. The van der Waals surface area contributed by atoms with E-state index in [1.54, 1.807) is 61.3 Å². The summed E-state index contributed by atoms with van der Waals surface area (Å²) >= 11 is 0. The molecule has 13 nitrogen and oxygen atoms in total. The Balaban J connectivity index is 0.909. The van der Waals surface area contributed by atoms with Gasteiger partial charge in [0.1, 0.15) is 16.9 Å². The lowest BCUT2D eigenvalue weighted by molar-refractivity contribution is -0.134. The second kappa shape index (κ2) is 15.2. The third kappa shape index (κ3) is 7.12. The molecular formula is C45H40FN7O6. The van der Waals surface area contributed by atoms with Gasteiger partial charge in [-0.3, -0.25) is 29.5 Å². The van der Waals surface area contributed by atoms with E-state index in [9.17, 15) is 19.2 Å². The molecule has 2 N–H and O–H groups in total. The van der Waals surface area contributed by atoms with Gasteiger partial charge in [-0.2, -0.15) is 0 Å². The maximum atomic E-state index is 16.5. The summed E-state index contributed by atoms with van der Waals surface area (Å²) in [6, 6.07) is 16.2. The first kappa shape index (κ1) is 37.8. The highest BCUT2D eigenvalue weighted by Gasteiger charge is 2.36. The van der Waals surface area contributed by atoms with Crippen LogP contribution >= 0.6 is 0 Å². The number of halogens is 1. The van der Waals surface area contributed by atoms with Gasteiger partial charge in [0.15, 0.2) is 11.6 Å². The van der Waals surface area contributed by atoms with Gasteiger partial charge in [-0.1, -0.05) is 18.1 Å². The number of nitrogens with one attached hydrogen (secondary N) is 2. The number of furan rings is 1. The lowest BCUT2D eigenvalue weighted by Crippen LogP contribution is -2.39. The fourth-order valence-electron chi connectivity index (χ4n) is 8.35. The molecule has 0 radical (unpaired) electrons. The largest absolute Gasteiger partial charge is 0.448 e. The van der Waals surface area contributed by atoms with E-state index < -0.39 is 17.5 Å². The summed E-state index contributed by atoms with van der Waals surface area (Å²) < 4.78 is 29.5. The molecule has 0 saturated carbocycles. The van der Waals surface area contributed by atoms with Gasteiger partial charge in [0, 0.05) is 80.2 Å². The molecule has 2 aromatic carbocycles. The second-order valence-electron chi connectivity index (χ2n) is 15.3. The number of amides is 3. The molecule has 0 bridgehead atoms. The van der Waals surface area contributed by atoms with E-state index in [1.807, 2.05) is 24.3 Å². The number of carbonyl (C=O) groups excluding carboxylic acids is 3. The Morgan fingerprint density at radius 2 is 1.86 bits per heavy atom. The third-order valence-corrected chi connectivity index (χ3v) is 11.5. The Morgan fingerprint density at radius 3 is 2.66 bits per heavy atom. The van der Waals surface area contributed by atoms with Gasteiger partial charge < -0.3 is 23.9 Å². The number of fused-ring (bicyclic) bond motifs is 3. The van der Waals surface area contributed by atoms with Crippen LogP contribution in [0.2, 0.25) is 0 Å². The number of carbonyl (C=O) groups is 3. The average Bonchev–Trinajstić information content (AvgIpc) is 3.67. The van der Waals surface area contributed by atoms with Crippen LogP contribution in [0.4, 0.5) is 15.8 Å². The van der Waals surface area contributed by atoms with Crippen LogP contribution in [-0.2, 0) is 33.5 Å². The number of hydrogen-bond donors (Lipinski definition) is 2. The van der Waals surface area contributed by atoms with Crippen molar-refractivity contribution >= 4 is 51.0 Å². The van der Waals surface area contributed by atoms with Gasteiger partial charge >= 0.3 is 0 Å². The van der Waals surface area contributed by atoms with Gasteiger partial charge in [-0.05, 0) is 79.6 Å². The summed E-state index contributed by atoms with van der Waals surface area (Å²) in [5.41, 5.74) is 4.73. The highest BCUT2D eigenvalue weighted by Crippen LogP contribution is 2.43. The molecule has 1 unspecified atom stereocenters. The number of rotatable bonds is 6. The number of imide groups is 1. The predicted octanol–water partition coefficient (Wildman–Crippen LogP) is 5.81. The molecule has 2 fully saturated rings. The summed E-state index contributed by atoms with van der Waals surface area (Å²) in [6.45, 7) is 3.16. The first-order chi connectivity index (χ1) is 28.6. The zero-order chi connectivity index (χ0) is 40.8. The van der Waals surface area contributed by atoms with Crippen molar-refractivity contribution in [2.24, 2.45) is 7.05 Å². The van der Waals surface area contributed by atoms with E-state index in [4.69, 9.17) is 19.1 Å². The molecule has 0 aliphatic carbocycles. The predicted molar refractivity (Wildman–Crippen MR) is 218 cm³/mol. The third-order valence-electron chi connectivity index (χ3n) is 11.5. The van der Waals surface area contributed by atoms with Crippen molar-refractivity contribution in [2.45, 2.75) is 57.0 Å². The summed E-state index contributed by atoms with van der Waals surface area (Å²) in [5.74, 6) is 5.23. The van der Waals surface area contributed by atoms with E-state index in [0.717, 1.165) is 39.8 Å². The Kier molecular flexibility index (Phi) is 9.76. The number of pyridine rings is 2. The van der Waals surface area contributed by atoms with Gasteiger partial charge in [-0.15, -0.1) is 0 Å². The quantitative estimate of drug-likeness (QED) is 0.156. The second-order valence-corrected chi connectivity index (χ2v) is 15.3. The van der Waals surface area contributed by atoms with Crippen molar-refractivity contribution in [1.29, 1.82) is 0 Å². The van der Waals surface area contributed by atoms with Crippen LogP contribution < -0.4 is 21.1 Å². The van der Waals surface area contributed by atoms with Crippen LogP contribution in [0.1, 0.15) is 76.7 Å². The van der Waals surface area contributed by atoms with E-state index in [2.05, 4.69) is 32.4 Å². The minimum absolute atomic E-state index is 0.0402. The molecule has 7 heterocycles. The van der Waals surface area contributed by atoms with Crippen LogP contribution in [-0.4, -0.2) is 63.5 Å². The number of anilines is 2. The molecule has 0 spiro atoms. The van der Waals surface area contributed by atoms with Crippen LogP contribution in [0.3, 0.4) is 0 Å². The van der Waals surface area contributed by atoms with Crippen molar-refractivity contribution in [1.82, 2.24) is 30.2 Å². The number of alkyl halides is 1. The van der Waals surface area contributed by atoms with Gasteiger partial charge in [0.05, 0.1) is 41.2 Å². The maximum Gasteiger partial charge on any atom is 0.270 e. The van der Waals surface area contributed by atoms with E-state index in [-0.39, 0.29) is 48.9 Å². The highest BCUT2D eigenvalue weighted by atomic mass is 19.1. The van der Waals surface area contributed by atoms with Gasteiger partial charge in [0.25, 0.3) is 11.5 Å². The SMILES string of the molecule is Cc1cc2c(N3CCCc4nc(-c5ccc(C(=O)NCC#Cc6cc7c(C8CCC(=O)NC8=O)cccc7o6)nc5)ncc43)cc(C3(F)CCOCC3)cc2n(C)c1=O. The molecule has 1 atom stereocenters. The van der Waals surface area contributed by atoms with Crippen LogP contribution in [0.25, 0.3) is 33.3 Å². The van der Waals surface area contributed by atoms with Crippen molar-refractivity contribution in [3.8, 4) is 23.2 Å². The molecule has 3 aliphatic rings.